The molecule has 0 saturated carbocycles. The molecule has 0 aliphatic carbocycles. The lowest BCUT2D eigenvalue weighted by atomic mass is 10.3. The van der Waals surface area contributed by atoms with Gasteiger partial charge in [0.05, 0.1) is 12.2 Å². The normalized spacial score (nSPS) is 15.8. The molecule has 2 aromatic rings. The van der Waals surface area contributed by atoms with E-state index in [0.29, 0.717) is 0 Å². The minimum atomic E-state index is -0.0136. The molecule has 1 aromatic carbocycles. The molecule has 1 saturated heterocycles. The van der Waals surface area contributed by atoms with E-state index in [-0.39, 0.29) is 6.03 Å². The van der Waals surface area contributed by atoms with Crippen LogP contribution in [-0.4, -0.2) is 57.8 Å². The number of hydrogen-bond donors (Lipinski definition) is 1. The standard InChI is InChI=1S/C18H25N5OS/c1-21-11-8-19-17(21)14-22-9-5-10-23(13-12-22)18(24)20-15-6-3-4-7-16(15)25-2/h3-4,6-8,11H,5,9-10,12-14H2,1-2H3,(H,20,24). The molecule has 1 aliphatic heterocycles. The van der Waals surface area contributed by atoms with Gasteiger partial charge >= 0.3 is 6.03 Å². The molecule has 0 radical (unpaired) electrons. The first-order valence-electron chi connectivity index (χ1n) is 8.55. The van der Waals surface area contributed by atoms with Crippen molar-refractivity contribution < 1.29 is 4.79 Å². The van der Waals surface area contributed by atoms with Gasteiger partial charge in [-0.1, -0.05) is 12.1 Å². The first kappa shape index (κ1) is 17.8. The predicted molar refractivity (Wildman–Crippen MR) is 102 cm³/mol. The Hall–Kier alpha value is -1.99. The Kier molecular flexibility index (Phi) is 5.99. The number of para-hydroxylation sites is 1. The van der Waals surface area contributed by atoms with Crippen molar-refractivity contribution >= 4 is 23.5 Å². The number of nitrogens with zero attached hydrogens (tertiary/aromatic N) is 4. The van der Waals surface area contributed by atoms with Gasteiger partial charge in [0.25, 0.3) is 0 Å². The second-order valence-electron chi connectivity index (χ2n) is 6.20. The molecule has 2 amide bonds. The third-order valence-corrected chi connectivity index (χ3v) is 5.31. The van der Waals surface area contributed by atoms with Gasteiger partial charge in [-0.2, -0.15) is 0 Å². The van der Waals surface area contributed by atoms with Crippen molar-refractivity contribution in [1.29, 1.82) is 0 Å². The van der Waals surface area contributed by atoms with Crippen LogP contribution in [0.25, 0.3) is 0 Å². The van der Waals surface area contributed by atoms with E-state index in [2.05, 4.69) is 19.8 Å². The fraction of sp³-hybridized carbons (Fsp3) is 0.444. The van der Waals surface area contributed by atoms with Crippen LogP contribution in [0, 0.1) is 0 Å². The van der Waals surface area contributed by atoms with Crippen molar-refractivity contribution in [2.24, 2.45) is 7.05 Å². The number of rotatable bonds is 4. The number of aromatic nitrogens is 2. The van der Waals surface area contributed by atoms with Crippen molar-refractivity contribution in [2.45, 2.75) is 17.9 Å². The Bertz CT molecular complexity index is 717. The van der Waals surface area contributed by atoms with Crippen LogP contribution in [0.5, 0.6) is 0 Å². The highest BCUT2D eigenvalue weighted by molar-refractivity contribution is 7.98. The molecule has 1 aromatic heterocycles. The van der Waals surface area contributed by atoms with E-state index in [4.69, 9.17) is 0 Å². The van der Waals surface area contributed by atoms with Gasteiger partial charge in [0.15, 0.2) is 0 Å². The van der Waals surface area contributed by atoms with Crippen molar-refractivity contribution in [3.05, 3.63) is 42.5 Å². The Morgan fingerprint density at radius 1 is 1.24 bits per heavy atom. The number of urea groups is 1. The number of thioether (sulfide) groups is 1. The second-order valence-corrected chi connectivity index (χ2v) is 7.05. The highest BCUT2D eigenvalue weighted by Crippen LogP contribution is 2.25. The van der Waals surface area contributed by atoms with E-state index in [0.717, 1.165) is 55.6 Å². The summed E-state index contributed by atoms with van der Waals surface area (Å²) in [7, 11) is 2.02. The maximum absolute atomic E-state index is 12.6. The number of carbonyl (C=O) groups excluding carboxylic acids is 1. The number of imidazole rings is 1. The smallest absolute Gasteiger partial charge is 0.321 e. The van der Waals surface area contributed by atoms with Crippen LogP contribution in [0.3, 0.4) is 0 Å². The fourth-order valence-electron chi connectivity index (χ4n) is 3.02. The summed E-state index contributed by atoms with van der Waals surface area (Å²) >= 11 is 1.64. The zero-order chi connectivity index (χ0) is 17.6. The Morgan fingerprint density at radius 3 is 2.84 bits per heavy atom. The summed E-state index contributed by atoms with van der Waals surface area (Å²) in [5.74, 6) is 1.06. The van der Waals surface area contributed by atoms with Crippen molar-refractivity contribution in [1.82, 2.24) is 19.4 Å². The topological polar surface area (TPSA) is 53.4 Å². The number of aryl methyl sites for hydroxylation is 1. The van der Waals surface area contributed by atoms with E-state index in [1.165, 1.54) is 0 Å². The molecule has 7 heteroatoms. The van der Waals surface area contributed by atoms with Gasteiger partial charge in [-0.3, -0.25) is 4.90 Å². The van der Waals surface area contributed by atoms with Gasteiger partial charge in [-0.25, -0.2) is 9.78 Å². The first-order chi connectivity index (χ1) is 12.2. The average molecular weight is 359 g/mol. The number of anilines is 1. The largest absolute Gasteiger partial charge is 0.337 e. The van der Waals surface area contributed by atoms with Crippen molar-refractivity contribution in [3.63, 3.8) is 0 Å². The van der Waals surface area contributed by atoms with E-state index in [9.17, 15) is 4.79 Å². The van der Waals surface area contributed by atoms with Gasteiger partial charge in [0.2, 0.25) is 0 Å². The molecule has 1 fully saturated rings. The van der Waals surface area contributed by atoms with E-state index in [1.54, 1.807) is 11.8 Å². The molecule has 0 spiro atoms. The first-order valence-corrected chi connectivity index (χ1v) is 9.77. The molecule has 134 valence electrons. The third-order valence-electron chi connectivity index (χ3n) is 4.51. The van der Waals surface area contributed by atoms with Crippen LogP contribution in [0.2, 0.25) is 0 Å². The summed E-state index contributed by atoms with van der Waals surface area (Å²) in [6.07, 6.45) is 6.79. The van der Waals surface area contributed by atoms with E-state index >= 15 is 0 Å². The summed E-state index contributed by atoms with van der Waals surface area (Å²) in [5, 5.41) is 3.06. The SMILES string of the molecule is CSc1ccccc1NC(=O)N1CCCN(Cc2nccn2C)CC1. The maximum Gasteiger partial charge on any atom is 0.321 e. The predicted octanol–water partition coefficient (Wildman–Crippen LogP) is 2.88. The molecule has 6 nitrogen and oxygen atoms in total. The molecular weight excluding hydrogens is 334 g/mol. The lowest BCUT2D eigenvalue weighted by Crippen LogP contribution is -2.38. The van der Waals surface area contributed by atoms with Gasteiger partial charge < -0.3 is 14.8 Å². The van der Waals surface area contributed by atoms with Crippen LogP contribution in [0.4, 0.5) is 10.5 Å². The average Bonchev–Trinajstić information content (AvgIpc) is 2.88. The van der Waals surface area contributed by atoms with Crippen LogP contribution in [0.15, 0.2) is 41.6 Å². The van der Waals surface area contributed by atoms with Gasteiger partial charge in [-0.15, -0.1) is 11.8 Å². The maximum atomic E-state index is 12.6. The monoisotopic (exact) mass is 359 g/mol. The molecule has 2 heterocycles. The molecular formula is C18H25N5OS. The summed E-state index contributed by atoms with van der Waals surface area (Å²) in [5.41, 5.74) is 0.883. The Morgan fingerprint density at radius 2 is 2.08 bits per heavy atom. The second kappa shape index (κ2) is 8.40. The Balaban J connectivity index is 1.57. The lowest BCUT2D eigenvalue weighted by molar-refractivity contribution is 0.210. The van der Waals surface area contributed by atoms with E-state index < -0.39 is 0 Å². The number of hydrogen-bond acceptors (Lipinski definition) is 4. The van der Waals surface area contributed by atoms with Crippen LogP contribution in [0.1, 0.15) is 12.2 Å². The fourth-order valence-corrected chi connectivity index (χ4v) is 3.58. The molecule has 3 rings (SSSR count). The zero-order valence-electron chi connectivity index (χ0n) is 14.8. The summed E-state index contributed by atoms with van der Waals surface area (Å²) in [6.45, 7) is 4.19. The minimum absolute atomic E-state index is 0.0136. The summed E-state index contributed by atoms with van der Waals surface area (Å²) < 4.78 is 2.05. The zero-order valence-corrected chi connectivity index (χ0v) is 15.6. The third kappa shape index (κ3) is 4.55. The van der Waals surface area contributed by atoms with Crippen molar-refractivity contribution in [3.8, 4) is 0 Å². The molecule has 1 aliphatic rings. The molecule has 0 unspecified atom stereocenters. The summed E-state index contributed by atoms with van der Waals surface area (Å²) in [4.78, 5) is 22.4. The van der Waals surface area contributed by atoms with Crippen molar-refractivity contribution in [2.75, 3.05) is 37.8 Å². The van der Waals surface area contributed by atoms with Crippen LogP contribution >= 0.6 is 11.8 Å². The highest BCUT2D eigenvalue weighted by atomic mass is 32.2. The lowest BCUT2D eigenvalue weighted by Gasteiger charge is -2.22. The molecule has 1 N–H and O–H groups in total. The minimum Gasteiger partial charge on any atom is -0.337 e. The van der Waals surface area contributed by atoms with Gasteiger partial charge in [0.1, 0.15) is 5.82 Å². The number of nitrogens with one attached hydrogen (secondary N) is 1. The van der Waals surface area contributed by atoms with E-state index in [1.807, 2.05) is 54.9 Å². The van der Waals surface area contributed by atoms with Crippen LogP contribution < -0.4 is 5.32 Å². The molecule has 0 atom stereocenters. The number of amides is 2. The van der Waals surface area contributed by atoms with Gasteiger partial charge in [0, 0.05) is 50.5 Å². The molecule has 0 bridgehead atoms. The van der Waals surface area contributed by atoms with Crippen LogP contribution in [-0.2, 0) is 13.6 Å². The highest BCUT2D eigenvalue weighted by Gasteiger charge is 2.20. The molecule has 25 heavy (non-hydrogen) atoms. The van der Waals surface area contributed by atoms with Gasteiger partial charge in [-0.05, 0) is 24.8 Å². The quantitative estimate of drug-likeness (QED) is 0.853. The number of carbonyl (C=O) groups is 1. The number of benzene rings is 1. The summed E-state index contributed by atoms with van der Waals surface area (Å²) in [6, 6.07) is 7.90. The Labute approximate surface area is 153 Å².